The molecule has 1 atom stereocenters. The lowest BCUT2D eigenvalue weighted by atomic mass is 9.94. The monoisotopic (exact) mass is 247 g/mol. The van der Waals surface area contributed by atoms with Crippen LogP contribution in [0, 0.1) is 0 Å². The van der Waals surface area contributed by atoms with E-state index in [2.05, 4.69) is 0 Å². The number of carbonyl (C=O) groups is 1. The third-order valence-corrected chi connectivity index (χ3v) is 2.45. The maximum atomic E-state index is 12.5. The van der Waals surface area contributed by atoms with Crippen molar-refractivity contribution in [3.63, 3.8) is 0 Å². The quantitative estimate of drug-likeness (QED) is 0.849. The minimum atomic E-state index is -4.75. The number of alkyl halides is 3. The molecule has 0 aliphatic carbocycles. The van der Waals surface area contributed by atoms with Gasteiger partial charge in [0.15, 0.2) is 5.60 Å². The summed E-state index contributed by atoms with van der Waals surface area (Å²) in [5.74, 6) is -0.569. The molecule has 0 aromatic heterocycles. The lowest BCUT2D eigenvalue weighted by Gasteiger charge is -2.26. The highest BCUT2D eigenvalue weighted by molar-refractivity contribution is 5.76. The van der Waals surface area contributed by atoms with Crippen molar-refractivity contribution in [2.75, 3.05) is 0 Å². The number of halogens is 3. The van der Waals surface area contributed by atoms with Crippen LogP contribution in [-0.4, -0.2) is 17.2 Å². The minimum absolute atomic E-state index is 0.0472. The van der Waals surface area contributed by atoms with Crippen LogP contribution in [0.2, 0.25) is 0 Å². The van der Waals surface area contributed by atoms with E-state index in [9.17, 15) is 23.1 Å². The van der Waals surface area contributed by atoms with Crippen molar-refractivity contribution in [3.05, 3.63) is 35.4 Å². The molecule has 0 aliphatic rings. The fourth-order valence-electron chi connectivity index (χ4n) is 1.31. The van der Waals surface area contributed by atoms with Crippen LogP contribution >= 0.6 is 0 Å². The Balaban J connectivity index is 2.99. The third kappa shape index (κ3) is 2.97. The molecule has 0 heterocycles. The largest absolute Gasteiger partial charge is 0.421 e. The SMILES string of the molecule is CC(O)(c1ccc(CC(N)=O)cc1)C(F)(F)F. The second kappa shape index (κ2) is 4.37. The molecule has 0 aliphatic heterocycles. The Morgan fingerprint density at radius 1 is 1.29 bits per heavy atom. The normalized spacial score (nSPS) is 15.4. The molecule has 17 heavy (non-hydrogen) atoms. The van der Waals surface area contributed by atoms with E-state index in [-0.39, 0.29) is 12.0 Å². The summed E-state index contributed by atoms with van der Waals surface area (Å²) in [6.07, 6.45) is -4.80. The predicted octanol–water partition coefficient (Wildman–Crippen LogP) is 1.48. The van der Waals surface area contributed by atoms with Gasteiger partial charge in [0.25, 0.3) is 0 Å². The maximum Gasteiger partial charge on any atom is 0.421 e. The smallest absolute Gasteiger partial charge is 0.376 e. The Labute approximate surface area is 96.0 Å². The van der Waals surface area contributed by atoms with Crippen LogP contribution in [0.1, 0.15) is 18.1 Å². The fraction of sp³-hybridized carbons (Fsp3) is 0.364. The van der Waals surface area contributed by atoms with Crippen LogP contribution in [0.25, 0.3) is 0 Å². The van der Waals surface area contributed by atoms with E-state index in [1.165, 1.54) is 12.1 Å². The summed E-state index contributed by atoms with van der Waals surface area (Å²) in [5.41, 5.74) is 2.26. The number of hydrogen-bond donors (Lipinski definition) is 2. The van der Waals surface area contributed by atoms with Crippen molar-refractivity contribution in [3.8, 4) is 0 Å². The second-order valence-corrected chi connectivity index (χ2v) is 3.91. The Morgan fingerprint density at radius 3 is 2.12 bits per heavy atom. The van der Waals surface area contributed by atoms with Crippen molar-refractivity contribution in [2.45, 2.75) is 25.1 Å². The first-order chi connectivity index (χ1) is 7.64. The van der Waals surface area contributed by atoms with E-state index < -0.39 is 17.7 Å². The van der Waals surface area contributed by atoms with Gasteiger partial charge < -0.3 is 10.8 Å². The topological polar surface area (TPSA) is 63.3 Å². The van der Waals surface area contributed by atoms with E-state index in [0.29, 0.717) is 12.5 Å². The molecule has 0 saturated heterocycles. The van der Waals surface area contributed by atoms with Crippen LogP contribution in [0.15, 0.2) is 24.3 Å². The van der Waals surface area contributed by atoms with Gasteiger partial charge in [-0.1, -0.05) is 24.3 Å². The first-order valence-electron chi connectivity index (χ1n) is 4.81. The number of aliphatic hydroxyl groups is 1. The summed E-state index contributed by atoms with van der Waals surface area (Å²) >= 11 is 0. The Morgan fingerprint density at radius 2 is 1.76 bits per heavy atom. The van der Waals surface area contributed by atoms with Crippen LogP contribution in [0.4, 0.5) is 13.2 Å². The fourth-order valence-corrected chi connectivity index (χ4v) is 1.31. The van der Waals surface area contributed by atoms with Crippen molar-refractivity contribution in [1.82, 2.24) is 0 Å². The van der Waals surface area contributed by atoms with Crippen LogP contribution in [0.5, 0.6) is 0 Å². The zero-order valence-corrected chi connectivity index (χ0v) is 9.08. The highest BCUT2D eigenvalue weighted by Gasteiger charge is 2.50. The van der Waals surface area contributed by atoms with Gasteiger partial charge in [0.1, 0.15) is 0 Å². The number of primary amides is 1. The Kier molecular flexibility index (Phi) is 3.47. The van der Waals surface area contributed by atoms with Gasteiger partial charge in [-0.15, -0.1) is 0 Å². The number of benzene rings is 1. The number of amides is 1. The average Bonchev–Trinajstić information content (AvgIpc) is 2.15. The first kappa shape index (κ1) is 13.5. The summed E-state index contributed by atoms with van der Waals surface area (Å²) in [4.78, 5) is 10.6. The van der Waals surface area contributed by atoms with Crippen LogP contribution in [-0.2, 0) is 16.8 Å². The van der Waals surface area contributed by atoms with Crippen molar-refractivity contribution in [1.29, 1.82) is 0 Å². The minimum Gasteiger partial charge on any atom is -0.376 e. The predicted molar refractivity (Wildman–Crippen MR) is 55.0 cm³/mol. The van der Waals surface area contributed by atoms with Crippen LogP contribution < -0.4 is 5.73 Å². The Hall–Kier alpha value is -1.56. The zero-order valence-electron chi connectivity index (χ0n) is 9.08. The zero-order chi connectivity index (χ0) is 13.3. The molecule has 3 nitrogen and oxygen atoms in total. The van der Waals surface area contributed by atoms with E-state index >= 15 is 0 Å². The molecule has 1 aromatic carbocycles. The number of rotatable bonds is 3. The maximum absolute atomic E-state index is 12.5. The third-order valence-electron chi connectivity index (χ3n) is 2.45. The van der Waals surface area contributed by atoms with E-state index in [1.54, 1.807) is 0 Å². The van der Waals surface area contributed by atoms with Crippen LogP contribution in [0.3, 0.4) is 0 Å². The van der Waals surface area contributed by atoms with E-state index in [1.807, 2.05) is 0 Å². The summed E-state index contributed by atoms with van der Waals surface area (Å²) in [7, 11) is 0. The first-order valence-corrected chi connectivity index (χ1v) is 4.81. The molecule has 1 amide bonds. The molecule has 3 N–H and O–H groups in total. The molecule has 1 unspecified atom stereocenters. The standard InChI is InChI=1S/C11H12F3NO2/c1-10(17,11(12,13)14)8-4-2-7(3-5-8)6-9(15)16/h2-5,17H,6H2,1H3,(H2,15,16). The molecule has 1 rings (SSSR count). The van der Waals surface area contributed by atoms with Gasteiger partial charge in [-0.3, -0.25) is 4.79 Å². The molecule has 6 heteroatoms. The van der Waals surface area contributed by atoms with E-state index in [0.717, 1.165) is 12.1 Å². The number of carbonyl (C=O) groups excluding carboxylic acids is 1. The highest BCUT2D eigenvalue weighted by atomic mass is 19.4. The van der Waals surface area contributed by atoms with Gasteiger partial charge >= 0.3 is 6.18 Å². The van der Waals surface area contributed by atoms with Gasteiger partial charge in [0, 0.05) is 0 Å². The summed E-state index contributed by atoms with van der Waals surface area (Å²) in [5, 5.41) is 9.38. The average molecular weight is 247 g/mol. The van der Waals surface area contributed by atoms with Gasteiger partial charge in [-0.05, 0) is 18.1 Å². The molecule has 0 radical (unpaired) electrons. The van der Waals surface area contributed by atoms with Gasteiger partial charge in [-0.25, -0.2) is 0 Å². The molecule has 0 saturated carbocycles. The summed E-state index contributed by atoms with van der Waals surface area (Å²) < 4.78 is 37.5. The lowest BCUT2D eigenvalue weighted by Crippen LogP contribution is -2.39. The van der Waals surface area contributed by atoms with Gasteiger partial charge in [-0.2, -0.15) is 13.2 Å². The number of hydrogen-bond acceptors (Lipinski definition) is 2. The van der Waals surface area contributed by atoms with Gasteiger partial charge in [0.2, 0.25) is 5.91 Å². The molecule has 0 spiro atoms. The molecular weight excluding hydrogens is 235 g/mol. The lowest BCUT2D eigenvalue weighted by molar-refractivity contribution is -0.258. The molecule has 0 bridgehead atoms. The van der Waals surface area contributed by atoms with Crippen molar-refractivity contribution < 1.29 is 23.1 Å². The number of nitrogens with two attached hydrogens (primary N) is 1. The molecular formula is C11H12F3NO2. The van der Waals surface area contributed by atoms with E-state index in [4.69, 9.17) is 5.73 Å². The Bertz CT molecular complexity index is 410. The second-order valence-electron chi connectivity index (χ2n) is 3.91. The molecule has 1 aromatic rings. The van der Waals surface area contributed by atoms with Crippen molar-refractivity contribution in [2.24, 2.45) is 5.73 Å². The summed E-state index contributed by atoms with van der Waals surface area (Å²) in [6.45, 7) is 0.677. The summed E-state index contributed by atoms with van der Waals surface area (Å²) in [6, 6.07) is 4.93. The molecule has 94 valence electrons. The molecule has 0 fully saturated rings. The van der Waals surface area contributed by atoms with Crippen molar-refractivity contribution >= 4 is 5.91 Å². The highest BCUT2D eigenvalue weighted by Crippen LogP contribution is 2.38. The van der Waals surface area contributed by atoms with Gasteiger partial charge in [0.05, 0.1) is 6.42 Å².